The van der Waals surface area contributed by atoms with Crippen LogP contribution in [-0.2, 0) is 0 Å². The molecule has 0 aromatic heterocycles. The SMILES string of the molecule is CC1=NC2CCC(N)CC2S1. The van der Waals surface area contributed by atoms with E-state index in [2.05, 4.69) is 11.9 Å². The highest BCUT2D eigenvalue weighted by Crippen LogP contribution is 2.36. The molecule has 3 heteroatoms. The zero-order chi connectivity index (χ0) is 7.84. The zero-order valence-corrected chi connectivity index (χ0v) is 7.60. The molecule has 0 saturated heterocycles. The van der Waals surface area contributed by atoms with Crippen LogP contribution in [0.3, 0.4) is 0 Å². The second-order valence-corrected chi connectivity index (χ2v) is 4.88. The summed E-state index contributed by atoms with van der Waals surface area (Å²) in [6.07, 6.45) is 3.53. The molecule has 0 radical (unpaired) electrons. The number of nitrogens with two attached hydrogens (primary N) is 1. The predicted octanol–water partition coefficient (Wildman–Crippen LogP) is 1.40. The molecule has 1 aliphatic heterocycles. The van der Waals surface area contributed by atoms with Crippen LogP contribution in [0.4, 0.5) is 0 Å². The van der Waals surface area contributed by atoms with Gasteiger partial charge in [0, 0.05) is 11.3 Å². The lowest BCUT2D eigenvalue weighted by molar-refractivity contribution is 0.412. The second-order valence-electron chi connectivity index (χ2n) is 3.44. The molecule has 0 aromatic carbocycles. The third-order valence-electron chi connectivity index (χ3n) is 2.47. The quantitative estimate of drug-likeness (QED) is 0.597. The summed E-state index contributed by atoms with van der Waals surface area (Å²) in [7, 11) is 0. The molecule has 11 heavy (non-hydrogen) atoms. The topological polar surface area (TPSA) is 38.4 Å². The number of aliphatic imine (C=N–C) groups is 1. The standard InChI is InChI=1S/C8H14N2S/c1-5-10-7-3-2-6(9)4-8(7)11-5/h6-8H,2-4,9H2,1H3. The summed E-state index contributed by atoms with van der Waals surface area (Å²) in [6, 6.07) is 1.03. The molecule has 0 aromatic rings. The Morgan fingerprint density at radius 2 is 2.36 bits per heavy atom. The Hall–Kier alpha value is -0.0200. The maximum absolute atomic E-state index is 5.87. The summed E-state index contributed by atoms with van der Waals surface area (Å²) in [4.78, 5) is 4.57. The van der Waals surface area contributed by atoms with Crippen molar-refractivity contribution in [2.45, 2.75) is 43.5 Å². The van der Waals surface area contributed by atoms with E-state index in [0.29, 0.717) is 17.3 Å². The average Bonchev–Trinajstić information content (AvgIpc) is 2.27. The van der Waals surface area contributed by atoms with Crippen LogP contribution in [0.1, 0.15) is 26.2 Å². The van der Waals surface area contributed by atoms with Gasteiger partial charge < -0.3 is 5.73 Å². The van der Waals surface area contributed by atoms with Crippen LogP contribution in [0.15, 0.2) is 4.99 Å². The third kappa shape index (κ3) is 1.44. The first-order valence-electron chi connectivity index (χ1n) is 4.22. The van der Waals surface area contributed by atoms with Crippen LogP contribution in [0.25, 0.3) is 0 Å². The minimum atomic E-state index is 0.435. The fraction of sp³-hybridized carbons (Fsp3) is 0.875. The summed E-state index contributed by atoms with van der Waals surface area (Å²) >= 11 is 1.92. The molecule has 62 valence electrons. The second kappa shape index (κ2) is 2.79. The van der Waals surface area contributed by atoms with Crippen molar-refractivity contribution in [1.29, 1.82) is 0 Å². The molecule has 0 bridgehead atoms. The molecule has 2 aliphatic rings. The monoisotopic (exact) mass is 170 g/mol. The van der Waals surface area contributed by atoms with Crippen molar-refractivity contribution < 1.29 is 0 Å². The van der Waals surface area contributed by atoms with Crippen LogP contribution in [0, 0.1) is 0 Å². The van der Waals surface area contributed by atoms with E-state index < -0.39 is 0 Å². The third-order valence-corrected chi connectivity index (χ3v) is 3.72. The van der Waals surface area contributed by atoms with Gasteiger partial charge in [0.25, 0.3) is 0 Å². The molecule has 2 nitrogen and oxygen atoms in total. The average molecular weight is 170 g/mol. The van der Waals surface area contributed by atoms with Crippen LogP contribution >= 0.6 is 11.8 Å². The molecule has 2 N–H and O–H groups in total. The van der Waals surface area contributed by atoms with Gasteiger partial charge in [-0.15, -0.1) is 11.8 Å². The van der Waals surface area contributed by atoms with E-state index in [9.17, 15) is 0 Å². The van der Waals surface area contributed by atoms with Crippen molar-refractivity contribution in [2.75, 3.05) is 0 Å². The van der Waals surface area contributed by atoms with Gasteiger partial charge >= 0.3 is 0 Å². The molecule has 1 heterocycles. The number of nitrogens with zero attached hydrogens (tertiary/aromatic N) is 1. The minimum Gasteiger partial charge on any atom is -0.328 e. The maximum Gasteiger partial charge on any atom is 0.0652 e. The molecular formula is C8H14N2S. The molecule has 1 aliphatic carbocycles. The first-order chi connectivity index (χ1) is 5.25. The van der Waals surface area contributed by atoms with Gasteiger partial charge in [0.2, 0.25) is 0 Å². The fourth-order valence-corrected chi connectivity index (χ4v) is 3.23. The Morgan fingerprint density at radius 1 is 1.55 bits per heavy atom. The summed E-state index contributed by atoms with van der Waals surface area (Å²) in [6.45, 7) is 2.11. The van der Waals surface area contributed by atoms with Crippen LogP contribution in [0.5, 0.6) is 0 Å². The Balaban J connectivity index is 2.03. The van der Waals surface area contributed by atoms with Gasteiger partial charge in [-0.25, -0.2) is 0 Å². The van der Waals surface area contributed by atoms with Crippen molar-refractivity contribution in [3.8, 4) is 0 Å². The molecule has 1 saturated carbocycles. The van der Waals surface area contributed by atoms with E-state index in [-0.39, 0.29) is 0 Å². The highest BCUT2D eigenvalue weighted by atomic mass is 32.2. The molecule has 3 atom stereocenters. The normalized spacial score (nSPS) is 43.5. The highest BCUT2D eigenvalue weighted by Gasteiger charge is 2.33. The molecule has 0 spiro atoms. The number of hydrogen-bond donors (Lipinski definition) is 1. The van der Waals surface area contributed by atoms with Gasteiger partial charge in [0.15, 0.2) is 0 Å². The van der Waals surface area contributed by atoms with E-state index in [1.165, 1.54) is 17.9 Å². The van der Waals surface area contributed by atoms with Crippen molar-refractivity contribution in [1.82, 2.24) is 0 Å². The predicted molar refractivity (Wildman–Crippen MR) is 50.1 cm³/mol. The van der Waals surface area contributed by atoms with Crippen molar-refractivity contribution in [2.24, 2.45) is 10.7 Å². The van der Waals surface area contributed by atoms with Crippen LogP contribution < -0.4 is 5.73 Å². The Labute approximate surface area is 71.6 Å². The Kier molecular flexibility index (Phi) is 1.93. The van der Waals surface area contributed by atoms with Crippen LogP contribution in [-0.4, -0.2) is 22.4 Å². The van der Waals surface area contributed by atoms with Crippen molar-refractivity contribution in [3.63, 3.8) is 0 Å². The number of thioether (sulfide) groups is 1. The van der Waals surface area contributed by atoms with E-state index in [0.717, 1.165) is 6.42 Å². The number of fused-ring (bicyclic) bond motifs is 1. The summed E-state index contributed by atoms with van der Waals surface area (Å²) in [5, 5.41) is 1.97. The highest BCUT2D eigenvalue weighted by molar-refractivity contribution is 8.14. The minimum absolute atomic E-state index is 0.435. The van der Waals surface area contributed by atoms with Gasteiger partial charge in [-0.05, 0) is 26.2 Å². The summed E-state index contributed by atoms with van der Waals surface area (Å²) < 4.78 is 0. The van der Waals surface area contributed by atoms with E-state index >= 15 is 0 Å². The van der Waals surface area contributed by atoms with Crippen LogP contribution in [0.2, 0.25) is 0 Å². The molecule has 3 unspecified atom stereocenters. The summed E-state index contributed by atoms with van der Waals surface area (Å²) in [5.74, 6) is 0. The molecular weight excluding hydrogens is 156 g/mol. The van der Waals surface area contributed by atoms with E-state index in [4.69, 9.17) is 5.73 Å². The molecule has 0 amide bonds. The summed E-state index contributed by atoms with van der Waals surface area (Å²) in [5.41, 5.74) is 5.87. The van der Waals surface area contributed by atoms with Gasteiger partial charge in [0.05, 0.1) is 11.1 Å². The Bertz CT molecular complexity index is 191. The largest absolute Gasteiger partial charge is 0.328 e. The lowest BCUT2D eigenvalue weighted by Crippen LogP contribution is -2.35. The number of hydrogen-bond acceptors (Lipinski definition) is 3. The first-order valence-corrected chi connectivity index (χ1v) is 5.10. The maximum atomic E-state index is 5.87. The van der Waals surface area contributed by atoms with Gasteiger partial charge in [-0.1, -0.05) is 0 Å². The fourth-order valence-electron chi connectivity index (χ4n) is 1.90. The molecule has 2 rings (SSSR count). The van der Waals surface area contributed by atoms with Gasteiger partial charge in [0.1, 0.15) is 0 Å². The number of rotatable bonds is 0. The smallest absolute Gasteiger partial charge is 0.0652 e. The lowest BCUT2D eigenvalue weighted by Gasteiger charge is -2.27. The van der Waals surface area contributed by atoms with E-state index in [1.807, 2.05) is 11.8 Å². The van der Waals surface area contributed by atoms with Gasteiger partial charge in [-0.3, -0.25) is 4.99 Å². The van der Waals surface area contributed by atoms with Gasteiger partial charge in [-0.2, -0.15) is 0 Å². The van der Waals surface area contributed by atoms with Crippen molar-refractivity contribution in [3.05, 3.63) is 0 Å². The first kappa shape index (κ1) is 7.62. The Morgan fingerprint density at radius 3 is 3.18 bits per heavy atom. The van der Waals surface area contributed by atoms with Crippen molar-refractivity contribution >= 4 is 16.8 Å². The zero-order valence-electron chi connectivity index (χ0n) is 6.79. The lowest BCUT2D eigenvalue weighted by atomic mass is 9.92. The molecule has 1 fully saturated rings. The van der Waals surface area contributed by atoms with E-state index in [1.54, 1.807) is 0 Å².